The zero-order valence-electron chi connectivity index (χ0n) is 6.38. The topological polar surface area (TPSA) is 20.2 Å². The van der Waals surface area contributed by atoms with Gasteiger partial charge in [-0.1, -0.05) is 30.7 Å². The van der Waals surface area contributed by atoms with Crippen LogP contribution in [-0.4, -0.2) is 11.7 Å². The van der Waals surface area contributed by atoms with Crippen molar-refractivity contribution in [1.82, 2.24) is 0 Å². The summed E-state index contributed by atoms with van der Waals surface area (Å²) in [5.74, 6) is 0.636. The lowest BCUT2D eigenvalue weighted by Crippen LogP contribution is -2.02. The summed E-state index contributed by atoms with van der Waals surface area (Å²) in [6, 6.07) is 0. The van der Waals surface area contributed by atoms with Crippen LogP contribution >= 0.6 is 0 Å². The smallest absolute Gasteiger partial charge is 0.0468 e. The van der Waals surface area contributed by atoms with E-state index in [2.05, 4.69) is 25.2 Å². The Morgan fingerprint density at radius 2 is 2.50 bits per heavy atom. The second kappa shape index (κ2) is 3.57. The molecule has 0 aromatic heterocycles. The summed E-state index contributed by atoms with van der Waals surface area (Å²) in [4.78, 5) is 0. The van der Waals surface area contributed by atoms with Gasteiger partial charge < -0.3 is 5.11 Å². The highest BCUT2D eigenvalue weighted by Crippen LogP contribution is 2.21. The van der Waals surface area contributed by atoms with Gasteiger partial charge in [-0.2, -0.15) is 0 Å². The molecular formula is C9H14O. The summed E-state index contributed by atoms with van der Waals surface area (Å²) in [6.45, 7) is 2.48. The van der Waals surface area contributed by atoms with Crippen LogP contribution in [0.1, 0.15) is 19.8 Å². The van der Waals surface area contributed by atoms with Crippen LogP contribution in [0.25, 0.3) is 0 Å². The van der Waals surface area contributed by atoms with E-state index in [-0.39, 0.29) is 6.61 Å². The monoisotopic (exact) mass is 138 g/mol. The fraction of sp³-hybridized carbons (Fsp3) is 0.556. The van der Waals surface area contributed by atoms with Gasteiger partial charge in [0.25, 0.3) is 0 Å². The van der Waals surface area contributed by atoms with Gasteiger partial charge in [-0.15, -0.1) is 0 Å². The Kier molecular flexibility index (Phi) is 2.69. The third kappa shape index (κ3) is 1.71. The maximum atomic E-state index is 8.67. The molecule has 0 bridgehead atoms. The average molecular weight is 138 g/mol. The number of hydrogen-bond donors (Lipinski definition) is 1. The minimum Gasteiger partial charge on any atom is -0.396 e. The molecule has 1 nitrogen and oxygen atoms in total. The van der Waals surface area contributed by atoms with Crippen molar-refractivity contribution in [3.8, 4) is 0 Å². The van der Waals surface area contributed by atoms with Gasteiger partial charge in [-0.25, -0.2) is 0 Å². The van der Waals surface area contributed by atoms with Gasteiger partial charge >= 0.3 is 0 Å². The lowest BCUT2D eigenvalue weighted by atomic mass is 9.91. The first kappa shape index (κ1) is 7.55. The number of rotatable bonds is 2. The van der Waals surface area contributed by atoms with Crippen LogP contribution < -0.4 is 0 Å². The van der Waals surface area contributed by atoms with Gasteiger partial charge in [0.1, 0.15) is 0 Å². The number of allylic oxidation sites excluding steroid dienone is 3. The summed E-state index contributed by atoms with van der Waals surface area (Å²) in [7, 11) is 0. The molecule has 0 aliphatic heterocycles. The van der Waals surface area contributed by atoms with E-state index in [1.165, 1.54) is 5.57 Å². The molecule has 1 atom stereocenters. The molecule has 56 valence electrons. The molecule has 1 unspecified atom stereocenters. The highest BCUT2D eigenvalue weighted by molar-refractivity contribution is 5.20. The van der Waals surface area contributed by atoms with E-state index in [0.29, 0.717) is 5.92 Å². The second-order valence-corrected chi connectivity index (χ2v) is 2.78. The van der Waals surface area contributed by atoms with Crippen molar-refractivity contribution in [2.24, 2.45) is 5.92 Å². The molecule has 0 heterocycles. The van der Waals surface area contributed by atoms with Crippen molar-refractivity contribution in [3.63, 3.8) is 0 Å². The Morgan fingerprint density at radius 3 is 3.10 bits per heavy atom. The quantitative estimate of drug-likeness (QED) is 0.617. The fourth-order valence-electron chi connectivity index (χ4n) is 1.25. The van der Waals surface area contributed by atoms with Crippen LogP contribution in [0.4, 0.5) is 0 Å². The molecule has 10 heavy (non-hydrogen) atoms. The Bertz CT molecular complexity index is 156. The maximum Gasteiger partial charge on any atom is 0.0468 e. The van der Waals surface area contributed by atoms with Crippen LogP contribution in [0.5, 0.6) is 0 Å². The first-order chi connectivity index (χ1) is 4.84. The molecule has 0 spiro atoms. The number of aliphatic hydroxyl groups is 1. The van der Waals surface area contributed by atoms with Crippen LogP contribution in [0.3, 0.4) is 0 Å². The largest absolute Gasteiger partial charge is 0.396 e. The van der Waals surface area contributed by atoms with Crippen molar-refractivity contribution in [2.75, 3.05) is 6.61 Å². The van der Waals surface area contributed by atoms with Crippen molar-refractivity contribution in [3.05, 3.63) is 23.8 Å². The normalized spacial score (nSPS) is 24.6. The van der Waals surface area contributed by atoms with Crippen molar-refractivity contribution in [1.29, 1.82) is 0 Å². The summed E-state index contributed by atoms with van der Waals surface area (Å²) < 4.78 is 0. The lowest BCUT2D eigenvalue weighted by molar-refractivity contribution is 0.294. The standard InChI is InChI=1S/C9H14O/c1-8-4-2-3-5-9(8)6-7-10/h2-3,5,8,10H,4,6-7H2,1H3. The molecule has 1 rings (SSSR count). The molecular weight excluding hydrogens is 124 g/mol. The van der Waals surface area contributed by atoms with Gasteiger partial charge in [0, 0.05) is 6.61 Å². The van der Waals surface area contributed by atoms with Gasteiger partial charge in [0.05, 0.1) is 0 Å². The summed E-state index contributed by atoms with van der Waals surface area (Å²) >= 11 is 0. The highest BCUT2D eigenvalue weighted by atomic mass is 16.2. The molecule has 1 aliphatic rings. The van der Waals surface area contributed by atoms with E-state index >= 15 is 0 Å². The van der Waals surface area contributed by atoms with E-state index in [0.717, 1.165) is 12.8 Å². The minimum atomic E-state index is 0.282. The molecule has 1 N–H and O–H groups in total. The summed E-state index contributed by atoms with van der Waals surface area (Å²) in [5, 5.41) is 8.67. The van der Waals surface area contributed by atoms with Gasteiger partial charge in [0.2, 0.25) is 0 Å². The Hall–Kier alpha value is -0.560. The summed E-state index contributed by atoms with van der Waals surface area (Å²) in [6.07, 6.45) is 8.33. The van der Waals surface area contributed by atoms with E-state index in [1.54, 1.807) is 0 Å². The molecule has 0 aromatic rings. The van der Waals surface area contributed by atoms with Crippen LogP contribution in [0.2, 0.25) is 0 Å². The van der Waals surface area contributed by atoms with Crippen LogP contribution in [0.15, 0.2) is 23.8 Å². The third-order valence-electron chi connectivity index (χ3n) is 1.97. The van der Waals surface area contributed by atoms with E-state index in [1.807, 2.05) is 0 Å². The van der Waals surface area contributed by atoms with Gasteiger partial charge in [-0.05, 0) is 18.8 Å². The molecule has 0 aromatic carbocycles. The van der Waals surface area contributed by atoms with Gasteiger partial charge in [0.15, 0.2) is 0 Å². The zero-order chi connectivity index (χ0) is 7.40. The summed E-state index contributed by atoms with van der Waals surface area (Å²) in [5.41, 5.74) is 1.38. The molecule has 0 saturated heterocycles. The maximum absolute atomic E-state index is 8.67. The van der Waals surface area contributed by atoms with Crippen molar-refractivity contribution < 1.29 is 5.11 Å². The first-order valence-corrected chi connectivity index (χ1v) is 3.81. The van der Waals surface area contributed by atoms with E-state index in [9.17, 15) is 0 Å². The van der Waals surface area contributed by atoms with Crippen LogP contribution in [0, 0.1) is 5.92 Å². The molecule has 0 amide bonds. The van der Waals surface area contributed by atoms with Gasteiger partial charge in [-0.3, -0.25) is 0 Å². The van der Waals surface area contributed by atoms with Crippen LogP contribution in [-0.2, 0) is 0 Å². The fourth-order valence-corrected chi connectivity index (χ4v) is 1.25. The molecule has 0 fully saturated rings. The van der Waals surface area contributed by atoms with Crippen molar-refractivity contribution in [2.45, 2.75) is 19.8 Å². The Balaban J connectivity index is 2.52. The first-order valence-electron chi connectivity index (χ1n) is 3.81. The highest BCUT2D eigenvalue weighted by Gasteiger charge is 2.07. The predicted molar refractivity (Wildman–Crippen MR) is 42.7 cm³/mol. The zero-order valence-corrected chi connectivity index (χ0v) is 6.38. The molecule has 0 radical (unpaired) electrons. The third-order valence-corrected chi connectivity index (χ3v) is 1.97. The molecule has 0 saturated carbocycles. The Morgan fingerprint density at radius 1 is 1.70 bits per heavy atom. The molecule has 1 aliphatic carbocycles. The average Bonchev–Trinajstić information content (AvgIpc) is 1.94. The number of hydrogen-bond acceptors (Lipinski definition) is 1. The van der Waals surface area contributed by atoms with E-state index in [4.69, 9.17) is 5.11 Å². The van der Waals surface area contributed by atoms with E-state index < -0.39 is 0 Å². The predicted octanol–water partition coefficient (Wildman–Crippen LogP) is 1.89. The SMILES string of the molecule is CC1CC=CC=C1CCO. The minimum absolute atomic E-state index is 0.282. The number of aliphatic hydroxyl groups excluding tert-OH is 1. The lowest BCUT2D eigenvalue weighted by Gasteiger charge is -2.15. The molecule has 1 heteroatoms. The van der Waals surface area contributed by atoms with Crippen molar-refractivity contribution >= 4 is 0 Å². The second-order valence-electron chi connectivity index (χ2n) is 2.78. The Labute approximate surface area is 62.1 Å².